The van der Waals surface area contributed by atoms with E-state index in [4.69, 9.17) is 4.74 Å². The lowest BCUT2D eigenvalue weighted by molar-refractivity contribution is 0.112. The number of aldehydes is 1. The molecule has 0 aliphatic rings. The quantitative estimate of drug-likeness (QED) is 0.668. The van der Waals surface area contributed by atoms with Crippen molar-refractivity contribution >= 4 is 6.29 Å². The first-order valence-corrected chi connectivity index (χ1v) is 4.43. The maximum absolute atomic E-state index is 10.0. The van der Waals surface area contributed by atoms with E-state index in [9.17, 15) is 4.79 Å². The molecule has 0 spiro atoms. The second-order valence-electron chi connectivity index (χ2n) is 2.31. The molecular weight excluding hydrogens is 164 g/mol. The largest absolute Gasteiger partial charge is 0.382 e. The van der Waals surface area contributed by atoms with Crippen LogP contribution < -0.4 is 0 Å². The Kier molecular flexibility index (Phi) is 8.15. The molecule has 1 aromatic rings. The molecule has 0 bridgehead atoms. The Labute approximate surface area is 79.5 Å². The summed E-state index contributed by atoms with van der Waals surface area (Å²) in [7, 11) is 0. The summed E-state index contributed by atoms with van der Waals surface area (Å²) in [6.45, 7) is 5.67. The van der Waals surface area contributed by atoms with Gasteiger partial charge in [0.1, 0.15) is 6.29 Å². The monoisotopic (exact) mass is 180 g/mol. The van der Waals surface area contributed by atoms with E-state index in [1.807, 2.05) is 32.0 Å². The summed E-state index contributed by atoms with van der Waals surface area (Å²) in [5.41, 5.74) is 0.729. The Balaban J connectivity index is 0.000000252. The van der Waals surface area contributed by atoms with E-state index < -0.39 is 0 Å². The molecule has 0 fully saturated rings. The zero-order valence-electron chi connectivity index (χ0n) is 8.19. The molecule has 0 N–H and O–H groups in total. The molecule has 0 saturated heterocycles. The van der Waals surface area contributed by atoms with E-state index in [1.54, 1.807) is 12.1 Å². The lowest BCUT2D eigenvalue weighted by Gasteiger charge is -1.86. The van der Waals surface area contributed by atoms with E-state index in [1.165, 1.54) is 0 Å². The molecule has 0 amide bonds. The van der Waals surface area contributed by atoms with Crippen molar-refractivity contribution in [3.05, 3.63) is 35.9 Å². The van der Waals surface area contributed by atoms with Crippen LogP contribution in [0.15, 0.2) is 30.3 Å². The van der Waals surface area contributed by atoms with E-state index in [2.05, 4.69) is 0 Å². The highest BCUT2D eigenvalue weighted by Gasteiger charge is 1.79. The van der Waals surface area contributed by atoms with Crippen molar-refractivity contribution in [1.29, 1.82) is 0 Å². The normalized spacial score (nSPS) is 8.46. The van der Waals surface area contributed by atoms with Crippen molar-refractivity contribution < 1.29 is 9.53 Å². The van der Waals surface area contributed by atoms with Crippen LogP contribution in [0.3, 0.4) is 0 Å². The fourth-order valence-electron chi connectivity index (χ4n) is 0.736. The zero-order valence-corrected chi connectivity index (χ0v) is 8.19. The van der Waals surface area contributed by atoms with Crippen molar-refractivity contribution in [3.63, 3.8) is 0 Å². The topological polar surface area (TPSA) is 26.3 Å². The van der Waals surface area contributed by atoms with Gasteiger partial charge in [0.25, 0.3) is 0 Å². The van der Waals surface area contributed by atoms with Crippen molar-refractivity contribution in [3.8, 4) is 0 Å². The van der Waals surface area contributed by atoms with Gasteiger partial charge >= 0.3 is 0 Å². The molecular formula is C11H16O2. The first-order chi connectivity index (χ1) is 6.35. The highest BCUT2D eigenvalue weighted by atomic mass is 16.5. The molecule has 1 rings (SSSR count). The van der Waals surface area contributed by atoms with Gasteiger partial charge in [-0.2, -0.15) is 0 Å². The Morgan fingerprint density at radius 3 is 1.92 bits per heavy atom. The summed E-state index contributed by atoms with van der Waals surface area (Å²) in [5, 5.41) is 0. The number of benzene rings is 1. The van der Waals surface area contributed by atoms with Gasteiger partial charge in [-0.3, -0.25) is 4.79 Å². The summed E-state index contributed by atoms with van der Waals surface area (Å²) >= 11 is 0. The summed E-state index contributed by atoms with van der Waals surface area (Å²) in [4.78, 5) is 10.0. The van der Waals surface area contributed by atoms with Crippen LogP contribution in [0, 0.1) is 0 Å². The summed E-state index contributed by atoms with van der Waals surface area (Å²) in [6.07, 6.45) is 0.833. The Bertz CT molecular complexity index is 205. The molecule has 13 heavy (non-hydrogen) atoms. The average Bonchev–Trinajstić information content (AvgIpc) is 2.21. The predicted molar refractivity (Wildman–Crippen MR) is 54.0 cm³/mol. The number of rotatable bonds is 3. The highest BCUT2D eigenvalue weighted by Crippen LogP contribution is 1.91. The van der Waals surface area contributed by atoms with E-state index in [0.29, 0.717) is 0 Å². The van der Waals surface area contributed by atoms with Gasteiger partial charge in [-0.15, -0.1) is 0 Å². The van der Waals surface area contributed by atoms with Gasteiger partial charge in [-0.1, -0.05) is 30.3 Å². The van der Waals surface area contributed by atoms with Gasteiger partial charge in [0.2, 0.25) is 0 Å². The van der Waals surface area contributed by atoms with Gasteiger partial charge in [-0.25, -0.2) is 0 Å². The van der Waals surface area contributed by atoms with Crippen LogP contribution in [0.25, 0.3) is 0 Å². The Hall–Kier alpha value is -1.15. The minimum atomic E-state index is 0.729. The number of carbonyl (C=O) groups excluding carboxylic acids is 1. The second kappa shape index (κ2) is 8.94. The maximum atomic E-state index is 10.0. The Morgan fingerprint density at radius 1 is 1.15 bits per heavy atom. The predicted octanol–water partition coefficient (Wildman–Crippen LogP) is 2.54. The molecule has 0 heterocycles. The Morgan fingerprint density at radius 2 is 1.69 bits per heavy atom. The third kappa shape index (κ3) is 7.22. The first kappa shape index (κ1) is 11.8. The lowest BCUT2D eigenvalue weighted by Crippen LogP contribution is -1.84. The highest BCUT2D eigenvalue weighted by molar-refractivity contribution is 5.74. The van der Waals surface area contributed by atoms with Crippen LogP contribution in [0.5, 0.6) is 0 Å². The fraction of sp³-hybridized carbons (Fsp3) is 0.364. The second-order valence-corrected chi connectivity index (χ2v) is 2.31. The molecule has 0 aliphatic heterocycles. The third-order valence-corrected chi connectivity index (χ3v) is 1.34. The van der Waals surface area contributed by atoms with Crippen LogP contribution in [-0.4, -0.2) is 19.5 Å². The molecule has 0 saturated carbocycles. The van der Waals surface area contributed by atoms with Gasteiger partial charge in [-0.05, 0) is 13.8 Å². The van der Waals surface area contributed by atoms with Crippen molar-refractivity contribution in [2.24, 2.45) is 0 Å². The number of hydrogen-bond acceptors (Lipinski definition) is 2. The van der Waals surface area contributed by atoms with Crippen LogP contribution in [0.2, 0.25) is 0 Å². The first-order valence-electron chi connectivity index (χ1n) is 4.43. The van der Waals surface area contributed by atoms with Gasteiger partial charge in [0.15, 0.2) is 0 Å². The molecule has 0 aliphatic carbocycles. The maximum Gasteiger partial charge on any atom is 0.150 e. The summed E-state index contributed by atoms with van der Waals surface area (Å²) in [6, 6.07) is 9.10. The number of carbonyl (C=O) groups is 1. The summed E-state index contributed by atoms with van der Waals surface area (Å²) < 4.78 is 4.83. The zero-order chi connectivity index (χ0) is 9.94. The third-order valence-electron chi connectivity index (χ3n) is 1.34. The average molecular weight is 180 g/mol. The molecule has 1 aromatic carbocycles. The van der Waals surface area contributed by atoms with Crippen molar-refractivity contribution in [2.45, 2.75) is 13.8 Å². The van der Waals surface area contributed by atoms with E-state index in [-0.39, 0.29) is 0 Å². The molecule has 0 aromatic heterocycles. The van der Waals surface area contributed by atoms with Crippen molar-refractivity contribution in [1.82, 2.24) is 0 Å². The van der Waals surface area contributed by atoms with Crippen LogP contribution in [0.1, 0.15) is 24.2 Å². The molecule has 0 atom stereocenters. The van der Waals surface area contributed by atoms with Crippen LogP contribution in [-0.2, 0) is 4.74 Å². The van der Waals surface area contributed by atoms with Gasteiger partial charge < -0.3 is 4.74 Å². The molecule has 72 valence electrons. The summed E-state index contributed by atoms with van der Waals surface area (Å²) in [5.74, 6) is 0. The molecule has 2 nitrogen and oxygen atoms in total. The molecule has 2 heteroatoms. The number of hydrogen-bond donors (Lipinski definition) is 0. The van der Waals surface area contributed by atoms with Crippen molar-refractivity contribution in [2.75, 3.05) is 13.2 Å². The van der Waals surface area contributed by atoms with E-state index in [0.717, 1.165) is 25.1 Å². The molecule has 0 unspecified atom stereocenters. The standard InChI is InChI=1S/C7H6O.C4H10O/c8-6-7-4-2-1-3-5-7;1-3-5-4-2/h1-6H;3-4H2,1-2H3. The minimum Gasteiger partial charge on any atom is -0.382 e. The fourth-order valence-corrected chi connectivity index (χ4v) is 0.736. The lowest BCUT2D eigenvalue weighted by atomic mass is 10.2. The van der Waals surface area contributed by atoms with Gasteiger partial charge in [0.05, 0.1) is 0 Å². The van der Waals surface area contributed by atoms with Crippen LogP contribution >= 0.6 is 0 Å². The molecule has 0 radical (unpaired) electrons. The van der Waals surface area contributed by atoms with E-state index >= 15 is 0 Å². The SMILES string of the molecule is CCOCC.O=Cc1ccccc1. The number of ether oxygens (including phenoxy) is 1. The minimum absolute atomic E-state index is 0.729. The smallest absolute Gasteiger partial charge is 0.150 e. The van der Waals surface area contributed by atoms with Crippen LogP contribution in [0.4, 0.5) is 0 Å². The van der Waals surface area contributed by atoms with Gasteiger partial charge in [0, 0.05) is 18.8 Å².